The van der Waals surface area contributed by atoms with E-state index in [1.54, 1.807) is 0 Å². The van der Waals surface area contributed by atoms with E-state index < -0.39 is 5.82 Å². The first kappa shape index (κ1) is 9.29. The maximum absolute atomic E-state index is 12.9. The summed E-state index contributed by atoms with van der Waals surface area (Å²) in [6.07, 6.45) is 0. The molecule has 0 atom stereocenters. The zero-order valence-electron chi connectivity index (χ0n) is 6.74. The van der Waals surface area contributed by atoms with Gasteiger partial charge < -0.3 is 0 Å². The molecule has 2 rings (SSSR count). The highest BCUT2D eigenvalue weighted by molar-refractivity contribution is 7.71. The topological polar surface area (TPSA) is 46.5 Å². The molecule has 0 bridgehead atoms. The van der Waals surface area contributed by atoms with Gasteiger partial charge in [-0.25, -0.2) is 9.07 Å². The summed E-state index contributed by atoms with van der Waals surface area (Å²) in [6.45, 7) is 0. The van der Waals surface area contributed by atoms with Crippen molar-refractivity contribution in [3.8, 4) is 5.69 Å². The monoisotopic (exact) mass is 230 g/mol. The molecule has 0 radical (unpaired) electrons. The molecule has 0 saturated heterocycles. The molecule has 0 aliphatic rings. The number of hydrogen-bond acceptors (Lipinski definition) is 3. The van der Waals surface area contributed by atoms with E-state index in [1.165, 1.54) is 22.9 Å². The molecule has 0 amide bonds. The van der Waals surface area contributed by atoms with Crippen LogP contribution in [0.5, 0.6) is 0 Å². The van der Waals surface area contributed by atoms with Crippen molar-refractivity contribution in [2.75, 3.05) is 0 Å². The van der Waals surface area contributed by atoms with Crippen LogP contribution in [0.15, 0.2) is 18.2 Å². The number of H-pyrrole nitrogens is 1. The summed E-state index contributed by atoms with van der Waals surface area (Å²) in [5.41, 5.74) is 0.390. The summed E-state index contributed by atoms with van der Waals surface area (Å²) in [6, 6.07) is 3.95. The Balaban J connectivity index is 2.68. The van der Waals surface area contributed by atoms with Gasteiger partial charge in [-0.2, -0.15) is 5.21 Å². The number of halogens is 2. The van der Waals surface area contributed by atoms with Gasteiger partial charge in [-0.15, -0.1) is 0 Å². The van der Waals surface area contributed by atoms with Crippen molar-refractivity contribution in [3.05, 3.63) is 33.8 Å². The van der Waals surface area contributed by atoms with Crippen LogP contribution in [-0.2, 0) is 0 Å². The molecule has 1 aromatic heterocycles. The number of aromatic nitrogens is 4. The summed E-state index contributed by atoms with van der Waals surface area (Å²) >= 11 is 10.7. The van der Waals surface area contributed by atoms with Gasteiger partial charge in [0.15, 0.2) is 0 Å². The van der Waals surface area contributed by atoms with Crippen LogP contribution < -0.4 is 0 Å². The van der Waals surface area contributed by atoms with Crippen molar-refractivity contribution in [1.29, 1.82) is 0 Å². The van der Waals surface area contributed by atoms with Gasteiger partial charge in [-0.3, -0.25) is 0 Å². The van der Waals surface area contributed by atoms with E-state index in [0.717, 1.165) is 0 Å². The Morgan fingerprint density at radius 1 is 1.50 bits per heavy atom. The van der Waals surface area contributed by atoms with Gasteiger partial charge in [0, 0.05) is 6.07 Å². The zero-order valence-corrected chi connectivity index (χ0v) is 8.31. The van der Waals surface area contributed by atoms with Crippen LogP contribution in [0.2, 0.25) is 5.02 Å². The van der Waals surface area contributed by atoms with Gasteiger partial charge in [0.1, 0.15) is 5.82 Å². The summed E-state index contributed by atoms with van der Waals surface area (Å²) in [7, 11) is 0. The van der Waals surface area contributed by atoms with Crippen molar-refractivity contribution < 1.29 is 4.39 Å². The molecule has 0 unspecified atom stereocenters. The number of hydrogen-bond donors (Lipinski definition) is 1. The van der Waals surface area contributed by atoms with Crippen LogP contribution >= 0.6 is 23.8 Å². The van der Waals surface area contributed by atoms with Crippen LogP contribution in [0.25, 0.3) is 5.69 Å². The van der Waals surface area contributed by atoms with Gasteiger partial charge in [0.2, 0.25) is 4.77 Å². The molecule has 0 saturated carbocycles. The SMILES string of the molecule is Fc1ccc(Cl)c(-n2[nH]nnc2=S)c1. The Morgan fingerprint density at radius 3 is 2.93 bits per heavy atom. The second-order valence-electron chi connectivity index (χ2n) is 2.51. The Morgan fingerprint density at radius 2 is 2.29 bits per heavy atom. The lowest BCUT2D eigenvalue weighted by Crippen LogP contribution is -1.98. The minimum Gasteiger partial charge on any atom is -0.208 e. The molecule has 0 fully saturated rings. The predicted octanol–water partition coefficient (Wildman–Crippen LogP) is 2.12. The third-order valence-corrected chi connectivity index (χ3v) is 2.20. The van der Waals surface area contributed by atoms with Crippen LogP contribution in [0.3, 0.4) is 0 Å². The number of tetrazole rings is 1. The number of nitrogens with zero attached hydrogens (tertiary/aromatic N) is 3. The number of rotatable bonds is 1. The highest BCUT2D eigenvalue weighted by atomic mass is 35.5. The molecule has 0 aliphatic carbocycles. The fourth-order valence-electron chi connectivity index (χ4n) is 1.01. The van der Waals surface area contributed by atoms with Crippen LogP contribution in [0.1, 0.15) is 0 Å². The van der Waals surface area contributed by atoms with E-state index in [2.05, 4.69) is 15.5 Å². The largest absolute Gasteiger partial charge is 0.242 e. The average molecular weight is 231 g/mol. The highest BCUT2D eigenvalue weighted by Crippen LogP contribution is 2.20. The van der Waals surface area contributed by atoms with E-state index in [0.29, 0.717) is 10.7 Å². The molecule has 2 aromatic rings. The summed E-state index contributed by atoms with van der Waals surface area (Å²) in [5, 5.41) is 9.89. The van der Waals surface area contributed by atoms with E-state index >= 15 is 0 Å². The second-order valence-corrected chi connectivity index (χ2v) is 3.29. The number of aromatic amines is 1. The first-order valence-corrected chi connectivity index (χ1v) is 4.42. The molecule has 7 heteroatoms. The summed E-state index contributed by atoms with van der Waals surface area (Å²) in [5.74, 6) is -0.402. The number of nitrogens with one attached hydrogen (secondary N) is 1. The number of benzene rings is 1. The predicted molar refractivity (Wildman–Crippen MR) is 51.5 cm³/mol. The molecule has 72 valence electrons. The Bertz CT molecular complexity index is 520. The Labute approximate surface area is 88.3 Å². The summed E-state index contributed by atoms with van der Waals surface area (Å²) in [4.78, 5) is 0. The Hall–Kier alpha value is -1.27. The average Bonchev–Trinajstić information content (AvgIpc) is 2.56. The third-order valence-electron chi connectivity index (χ3n) is 1.62. The quantitative estimate of drug-likeness (QED) is 0.764. The minimum absolute atomic E-state index is 0.192. The van der Waals surface area contributed by atoms with Gasteiger partial charge in [0.05, 0.1) is 10.7 Å². The van der Waals surface area contributed by atoms with Gasteiger partial charge >= 0.3 is 0 Å². The fourth-order valence-corrected chi connectivity index (χ4v) is 1.39. The molecule has 1 N–H and O–H groups in total. The zero-order chi connectivity index (χ0) is 10.1. The first-order chi connectivity index (χ1) is 6.68. The van der Waals surface area contributed by atoms with E-state index in [-0.39, 0.29) is 4.77 Å². The van der Waals surface area contributed by atoms with Crippen molar-refractivity contribution in [2.24, 2.45) is 0 Å². The normalized spacial score (nSPS) is 10.4. The van der Waals surface area contributed by atoms with E-state index in [9.17, 15) is 4.39 Å². The van der Waals surface area contributed by atoms with Crippen molar-refractivity contribution in [3.63, 3.8) is 0 Å². The maximum Gasteiger partial charge on any atom is 0.242 e. The molecule has 1 heterocycles. The molecular weight excluding hydrogens is 227 g/mol. The van der Waals surface area contributed by atoms with Gasteiger partial charge in [0.25, 0.3) is 0 Å². The van der Waals surface area contributed by atoms with Crippen LogP contribution in [-0.4, -0.2) is 20.2 Å². The highest BCUT2D eigenvalue weighted by Gasteiger charge is 2.06. The van der Waals surface area contributed by atoms with Gasteiger partial charge in [-0.05, 0) is 24.4 Å². The third kappa shape index (κ3) is 1.53. The molecule has 0 aliphatic heterocycles. The lowest BCUT2D eigenvalue weighted by atomic mass is 10.3. The molecule has 4 nitrogen and oxygen atoms in total. The van der Waals surface area contributed by atoms with Crippen LogP contribution in [0, 0.1) is 10.6 Å². The molecular formula is C7H4ClFN4S. The van der Waals surface area contributed by atoms with E-state index in [4.69, 9.17) is 23.8 Å². The standard InChI is InChI=1S/C7H4ClFN4S/c8-5-2-1-4(9)3-6(5)13-7(14)10-11-12-13/h1-3H,(H,10,12,14). The summed E-state index contributed by atoms with van der Waals surface area (Å²) < 4.78 is 14.4. The minimum atomic E-state index is -0.402. The van der Waals surface area contributed by atoms with Crippen molar-refractivity contribution in [2.45, 2.75) is 0 Å². The molecule has 14 heavy (non-hydrogen) atoms. The van der Waals surface area contributed by atoms with E-state index in [1.807, 2.05) is 0 Å². The van der Waals surface area contributed by atoms with Crippen molar-refractivity contribution in [1.82, 2.24) is 20.2 Å². The maximum atomic E-state index is 12.9. The van der Waals surface area contributed by atoms with Crippen LogP contribution in [0.4, 0.5) is 4.39 Å². The second kappa shape index (κ2) is 3.47. The lowest BCUT2D eigenvalue weighted by Gasteiger charge is -2.02. The molecule has 1 aromatic carbocycles. The first-order valence-electron chi connectivity index (χ1n) is 3.64. The molecule has 0 spiro atoms. The van der Waals surface area contributed by atoms with Crippen molar-refractivity contribution >= 4 is 23.8 Å². The lowest BCUT2D eigenvalue weighted by molar-refractivity contribution is 0.624. The Kier molecular flexibility index (Phi) is 2.30. The smallest absolute Gasteiger partial charge is 0.208 e. The van der Waals surface area contributed by atoms with Gasteiger partial charge in [-0.1, -0.05) is 21.9 Å². The fraction of sp³-hybridized carbons (Fsp3) is 0.